The minimum absolute atomic E-state index is 0.0270. The number of anilines is 3. The van der Waals surface area contributed by atoms with E-state index in [1.807, 2.05) is 13.0 Å². The summed E-state index contributed by atoms with van der Waals surface area (Å²) in [5.74, 6) is -0.883. The zero-order chi connectivity index (χ0) is 41.9. The topological polar surface area (TPSA) is 148 Å². The van der Waals surface area contributed by atoms with Gasteiger partial charge in [0.25, 0.3) is 5.91 Å². The fourth-order valence-electron chi connectivity index (χ4n) is 7.63. The first-order chi connectivity index (χ1) is 27.5. The summed E-state index contributed by atoms with van der Waals surface area (Å²) in [7, 11) is 0. The van der Waals surface area contributed by atoms with E-state index in [0.29, 0.717) is 54.1 Å². The SMILES string of the molecule is CCc1cc(N2C(=S)N(c3cnc(C#N)c(C(F)(F)F)c3)C(=O)C2(C)C)ccc1OCCC1CCN(CC(=O)Cc2cc(F)cc(NC3CCC(=O)NC3=O)c2)CC1. The van der Waals surface area contributed by atoms with Gasteiger partial charge in [0.2, 0.25) is 11.8 Å². The van der Waals surface area contributed by atoms with E-state index >= 15 is 0 Å². The van der Waals surface area contributed by atoms with Gasteiger partial charge in [0.05, 0.1) is 30.6 Å². The molecular weight excluding hydrogens is 779 g/mol. The van der Waals surface area contributed by atoms with Crippen molar-refractivity contribution in [2.75, 3.05) is 41.4 Å². The van der Waals surface area contributed by atoms with Crippen LogP contribution < -0.4 is 25.2 Å². The van der Waals surface area contributed by atoms with Crippen LogP contribution in [0.15, 0.2) is 48.7 Å². The van der Waals surface area contributed by atoms with E-state index < -0.39 is 46.6 Å². The van der Waals surface area contributed by atoms with E-state index in [1.54, 1.807) is 36.9 Å². The number of piperidine rings is 2. The minimum atomic E-state index is -4.86. The second-order valence-corrected chi connectivity index (χ2v) is 15.6. The van der Waals surface area contributed by atoms with Crippen LogP contribution in [-0.4, -0.2) is 76.3 Å². The molecule has 3 aliphatic rings. The Morgan fingerprint density at radius 2 is 1.83 bits per heavy atom. The number of benzene rings is 2. The summed E-state index contributed by atoms with van der Waals surface area (Å²) < 4.78 is 61.8. The summed E-state index contributed by atoms with van der Waals surface area (Å²) in [6.07, 6.45) is -0.156. The first-order valence-corrected chi connectivity index (χ1v) is 19.4. The van der Waals surface area contributed by atoms with E-state index in [9.17, 15) is 36.7 Å². The summed E-state index contributed by atoms with van der Waals surface area (Å²) >= 11 is 5.67. The Balaban J connectivity index is 1.00. The number of amides is 3. The Morgan fingerprint density at radius 1 is 1.09 bits per heavy atom. The van der Waals surface area contributed by atoms with Gasteiger partial charge in [-0.05, 0) is 131 Å². The van der Waals surface area contributed by atoms with E-state index in [-0.39, 0.29) is 41.9 Å². The van der Waals surface area contributed by atoms with Crippen LogP contribution in [-0.2, 0) is 38.2 Å². The molecule has 2 N–H and O–H groups in total. The number of hydrogen-bond acceptors (Lipinski definition) is 10. The molecule has 3 fully saturated rings. The number of nitriles is 1. The molecule has 3 saturated heterocycles. The minimum Gasteiger partial charge on any atom is -0.493 e. The molecule has 1 atom stereocenters. The van der Waals surface area contributed by atoms with Crippen molar-refractivity contribution in [3.05, 3.63) is 76.9 Å². The fraction of sp³-hybridized carbons (Fsp3) is 0.439. The summed E-state index contributed by atoms with van der Waals surface area (Å²) in [6.45, 7) is 7.38. The molecule has 0 radical (unpaired) electrons. The van der Waals surface area contributed by atoms with Crippen LogP contribution in [0.2, 0.25) is 0 Å². The van der Waals surface area contributed by atoms with Gasteiger partial charge in [-0.1, -0.05) is 6.92 Å². The second kappa shape index (κ2) is 17.2. The molecule has 1 unspecified atom stereocenters. The Morgan fingerprint density at radius 3 is 2.50 bits per heavy atom. The van der Waals surface area contributed by atoms with Crippen molar-refractivity contribution in [2.24, 2.45) is 5.92 Å². The number of alkyl halides is 3. The molecule has 0 aliphatic carbocycles. The summed E-state index contributed by atoms with van der Waals surface area (Å²) in [5, 5.41) is 14.4. The van der Waals surface area contributed by atoms with Crippen LogP contribution in [0.5, 0.6) is 5.75 Å². The average molecular weight is 822 g/mol. The highest BCUT2D eigenvalue weighted by Crippen LogP contribution is 2.40. The second-order valence-electron chi connectivity index (χ2n) is 15.2. The number of ether oxygens (including phenoxy) is 1. The maximum atomic E-state index is 14.4. The molecule has 3 aliphatic heterocycles. The molecule has 58 heavy (non-hydrogen) atoms. The van der Waals surface area contributed by atoms with Gasteiger partial charge in [-0.15, -0.1) is 0 Å². The number of hydrogen-bond donors (Lipinski definition) is 2. The number of aryl methyl sites for hydroxylation is 1. The van der Waals surface area contributed by atoms with Crippen molar-refractivity contribution in [1.29, 1.82) is 5.26 Å². The lowest BCUT2D eigenvalue weighted by Crippen LogP contribution is -2.47. The molecule has 1 aromatic heterocycles. The molecule has 3 amide bonds. The molecule has 0 spiro atoms. The number of nitrogens with zero attached hydrogens (tertiary/aromatic N) is 5. The molecule has 3 aromatic rings. The van der Waals surface area contributed by atoms with Crippen molar-refractivity contribution in [3.63, 3.8) is 0 Å². The van der Waals surface area contributed by atoms with E-state index in [0.717, 1.165) is 49.0 Å². The molecular formula is C41H43F4N7O5S. The molecule has 4 heterocycles. The maximum Gasteiger partial charge on any atom is 0.419 e. The molecule has 0 bridgehead atoms. The van der Waals surface area contributed by atoms with Gasteiger partial charge in [-0.3, -0.25) is 34.3 Å². The molecule has 306 valence electrons. The van der Waals surface area contributed by atoms with Crippen molar-refractivity contribution in [1.82, 2.24) is 15.2 Å². The Kier molecular flexibility index (Phi) is 12.5. The first-order valence-electron chi connectivity index (χ1n) is 19.0. The third-order valence-corrected chi connectivity index (χ3v) is 11.1. The average Bonchev–Trinajstić information content (AvgIpc) is 3.34. The summed E-state index contributed by atoms with van der Waals surface area (Å²) in [4.78, 5) is 58.6. The Hall–Kier alpha value is -5.47. The van der Waals surface area contributed by atoms with Crippen LogP contribution in [0.25, 0.3) is 0 Å². The van der Waals surface area contributed by atoms with Crippen LogP contribution >= 0.6 is 12.2 Å². The monoisotopic (exact) mass is 821 g/mol. The number of nitrogens with one attached hydrogen (secondary N) is 2. The largest absolute Gasteiger partial charge is 0.493 e. The number of Topliss-reactive ketones (excluding diaryl/α,β-unsaturated/α-hetero) is 1. The van der Waals surface area contributed by atoms with E-state index in [1.165, 1.54) is 18.2 Å². The quantitative estimate of drug-likeness (QED) is 0.117. The standard InChI is InChI=1S/C41H43F4N7O5S/c1-4-26-18-29(52-39(58)51(38(56)40(52,2)3)30-20-32(41(43,44)45)34(21-46)47-22-30)5-7-35(26)57-14-11-24-9-12-50(13-10-24)23-31(53)17-25-15-27(42)19-28(16-25)48-33-6-8-36(54)49-37(33)55/h5,7,15-16,18-20,22,24,33,48H,4,6,8-14,17,23H2,1-3H3,(H,49,54,55). The van der Waals surface area contributed by atoms with Gasteiger partial charge in [0.15, 0.2) is 16.6 Å². The van der Waals surface area contributed by atoms with Crippen molar-refractivity contribution in [3.8, 4) is 11.8 Å². The molecule has 2 aromatic carbocycles. The lowest BCUT2D eigenvalue weighted by molar-refractivity contribution is -0.138. The number of aromatic nitrogens is 1. The van der Waals surface area contributed by atoms with Gasteiger partial charge in [-0.25, -0.2) is 9.37 Å². The van der Waals surface area contributed by atoms with Crippen LogP contribution in [0, 0.1) is 23.1 Å². The zero-order valence-electron chi connectivity index (χ0n) is 32.2. The molecule has 17 heteroatoms. The van der Waals surface area contributed by atoms with Crippen molar-refractivity contribution >= 4 is 57.9 Å². The number of likely N-dealkylation sites (tertiary alicyclic amines) is 1. The van der Waals surface area contributed by atoms with Crippen molar-refractivity contribution in [2.45, 2.75) is 83.5 Å². The highest BCUT2D eigenvalue weighted by molar-refractivity contribution is 7.81. The number of carbonyl (C=O) groups is 4. The highest BCUT2D eigenvalue weighted by Gasteiger charge is 2.51. The summed E-state index contributed by atoms with van der Waals surface area (Å²) in [6, 6.07) is 11.1. The normalized spacial score (nSPS) is 19.0. The number of imide groups is 1. The predicted octanol–water partition coefficient (Wildman–Crippen LogP) is 6.10. The lowest BCUT2D eigenvalue weighted by Gasteiger charge is -2.31. The molecule has 6 rings (SSSR count). The van der Waals surface area contributed by atoms with Crippen LogP contribution in [0.3, 0.4) is 0 Å². The number of pyridine rings is 1. The van der Waals surface area contributed by atoms with Gasteiger partial charge in [0, 0.05) is 24.2 Å². The summed E-state index contributed by atoms with van der Waals surface area (Å²) in [5.41, 5.74) is -1.21. The van der Waals surface area contributed by atoms with Gasteiger partial charge in [-0.2, -0.15) is 18.4 Å². The third-order valence-electron chi connectivity index (χ3n) is 10.7. The Bertz CT molecular complexity index is 2170. The lowest BCUT2D eigenvalue weighted by atomic mass is 9.93. The zero-order valence-corrected chi connectivity index (χ0v) is 33.1. The van der Waals surface area contributed by atoms with Gasteiger partial charge in [0.1, 0.15) is 29.2 Å². The maximum absolute atomic E-state index is 14.4. The van der Waals surface area contributed by atoms with E-state index in [4.69, 9.17) is 22.2 Å². The fourth-order valence-corrected chi connectivity index (χ4v) is 8.15. The number of carbonyl (C=O) groups excluding carboxylic acids is 4. The van der Waals surface area contributed by atoms with Gasteiger partial charge < -0.3 is 15.0 Å². The van der Waals surface area contributed by atoms with Crippen LogP contribution in [0.1, 0.15) is 75.3 Å². The van der Waals surface area contributed by atoms with Gasteiger partial charge >= 0.3 is 6.18 Å². The predicted molar refractivity (Wildman–Crippen MR) is 211 cm³/mol. The number of thiocarbonyl (C=S) groups is 1. The Labute approximate surface area is 338 Å². The number of ketones is 1. The number of halogens is 4. The first kappa shape index (κ1) is 42.1. The number of rotatable bonds is 13. The third kappa shape index (κ3) is 9.29. The van der Waals surface area contributed by atoms with E-state index in [2.05, 4.69) is 20.5 Å². The van der Waals surface area contributed by atoms with Crippen LogP contribution in [0.4, 0.5) is 34.6 Å². The smallest absolute Gasteiger partial charge is 0.419 e. The highest BCUT2D eigenvalue weighted by atomic mass is 32.1. The van der Waals surface area contributed by atoms with Crippen molar-refractivity contribution < 1.29 is 41.5 Å². The molecule has 0 saturated carbocycles. The molecule has 12 nitrogen and oxygen atoms in total.